The molecular weight excluding hydrogens is 246 g/mol. The van der Waals surface area contributed by atoms with Gasteiger partial charge in [0, 0.05) is 57.4 Å². The van der Waals surface area contributed by atoms with E-state index in [1.54, 1.807) is 0 Å². The van der Waals surface area contributed by atoms with Crippen molar-refractivity contribution in [2.24, 2.45) is 23.7 Å². The van der Waals surface area contributed by atoms with E-state index >= 15 is 0 Å². The average Bonchev–Trinajstić information content (AvgIpc) is 2.79. The second-order valence-corrected chi connectivity index (χ2v) is 8.39. The zero-order chi connectivity index (χ0) is 14.0. The number of hydrogen-bond acceptors (Lipinski definition) is 3. The highest BCUT2D eigenvalue weighted by atomic mass is 15.3. The van der Waals surface area contributed by atoms with Crippen LogP contribution in [0.3, 0.4) is 0 Å². The lowest BCUT2D eigenvalue weighted by Gasteiger charge is -2.28. The van der Waals surface area contributed by atoms with Crippen molar-refractivity contribution in [1.82, 2.24) is 14.7 Å². The molecule has 0 aromatic carbocycles. The minimum atomic E-state index is 0.744. The third kappa shape index (κ3) is 2.05. The molecule has 3 saturated heterocycles. The maximum atomic E-state index is 2.88. The quantitative estimate of drug-likeness (QED) is 0.776. The predicted octanol–water partition coefficient (Wildman–Crippen LogP) is 1.60. The third-order valence-corrected chi connectivity index (χ3v) is 6.60. The molecule has 0 spiro atoms. The van der Waals surface area contributed by atoms with E-state index in [-0.39, 0.29) is 0 Å². The maximum Gasteiger partial charge on any atom is 0.0184 e. The molecule has 0 amide bonds. The third-order valence-electron chi connectivity index (χ3n) is 6.60. The predicted molar refractivity (Wildman–Crippen MR) is 82.7 cm³/mol. The van der Waals surface area contributed by atoms with Gasteiger partial charge < -0.3 is 9.80 Å². The normalized spacial score (nSPS) is 45.6. The van der Waals surface area contributed by atoms with Crippen molar-refractivity contribution in [3.63, 3.8) is 0 Å². The molecule has 20 heavy (non-hydrogen) atoms. The highest BCUT2D eigenvalue weighted by molar-refractivity contribution is 5.13. The Bertz CT molecular complexity index is 354. The molecule has 114 valence electrons. The Morgan fingerprint density at radius 2 is 1.10 bits per heavy atom. The first kappa shape index (κ1) is 13.5. The van der Waals surface area contributed by atoms with Gasteiger partial charge in [0.05, 0.1) is 0 Å². The number of nitrogens with zero attached hydrogens (tertiary/aromatic N) is 3. The van der Waals surface area contributed by atoms with Crippen molar-refractivity contribution < 1.29 is 0 Å². The van der Waals surface area contributed by atoms with Crippen molar-refractivity contribution >= 4 is 0 Å². The van der Waals surface area contributed by atoms with Gasteiger partial charge in [0.25, 0.3) is 0 Å². The van der Waals surface area contributed by atoms with Crippen LogP contribution < -0.4 is 0 Å². The van der Waals surface area contributed by atoms with Gasteiger partial charge in [-0.05, 0) is 51.4 Å². The zero-order valence-electron chi connectivity index (χ0n) is 13.6. The van der Waals surface area contributed by atoms with Crippen LogP contribution in [-0.4, -0.2) is 72.1 Å². The van der Waals surface area contributed by atoms with E-state index in [0.29, 0.717) is 0 Å². The van der Waals surface area contributed by atoms with Crippen LogP contribution in [0.25, 0.3) is 0 Å². The van der Waals surface area contributed by atoms with Gasteiger partial charge in [0.15, 0.2) is 0 Å². The first-order valence-electron chi connectivity index (χ1n) is 8.76. The molecule has 0 N–H and O–H groups in total. The lowest BCUT2D eigenvalue weighted by molar-refractivity contribution is 0.178. The summed E-state index contributed by atoms with van der Waals surface area (Å²) in [6.45, 7) is 17.7. The largest absolute Gasteiger partial charge is 0.300 e. The first-order chi connectivity index (χ1) is 9.54. The summed E-state index contributed by atoms with van der Waals surface area (Å²) in [5.74, 6) is 3.97. The van der Waals surface area contributed by atoms with Crippen LogP contribution >= 0.6 is 0 Å². The summed E-state index contributed by atoms with van der Waals surface area (Å²) in [4.78, 5) is 8.25. The molecule has 1 saturated carbocycles. The zero-order valence-corrected chi connectivity index (χ0v) is 13.6. The highest BCUT2D eigenvalue weighted by Crippen LogP contribution is 2.51. The molecule has 0 aromatic rings. The van der Waals surface area contributed by atoms with Gasteiger partial charge in [-0.15, -0.1) is 0 Å². The summed E-state index contributed by atoms with van der Waals surface area (Å²) in [6, 6.07) is 2.46. The highest BCUT2D eigenvalue weighted by Gasteiger charge is 2.60. The number of likely N-dealkylation sites (tertiary alicyclic amines) is 3. The second kappa shape index (κ2) is 4.69. The molecule has 0 bridgehead atoms. The summed E-state index contributed by atoms with van der Waals surface area (Å²) >= 11 is 0. The summed E-state index contributed by atoms with van der Waals surface area (Å²) < 4.78 is 0. The monoisotopic (exact) mass is 277 g/mol. The SMILES string of the molecule is CC(C)N1CC2CN(C3C4CN(C(C)C)CC43)CC2C1. The van der Waals surface area contributed by atoms with E-state index in [4.69, 9.17) is 0 Å². The molecular formula is C17H31N3. The molecule has 1 aliphatic carbocycles. The fourth-order valence-electron chi connectivity index (χ4n) is 5.22. The summed E-state index contributed by atoms with van der Waals surface area (Å²) in [6.07, 6.45) is 0. The summed E-state index contributed by atoms with van der Waals surface area (Å²) in [5, 5.41) is 0. The van der Waals surface area contributed by atoms with Gasteiger partial charge in [0.1, 0.15) is 0 Å². The van der Waals surface area contributed by atoms with Crippen molar-refractivity contribution in [2.75, 3.05) is 39.3 Å². The number of piperidine rings is 1. The Balaban J connectivity index is 1.31. The molecule has 4 fully saturated rings. The number of rotatable bonds is 3. The van der Waals surface area contributed by atoms with E-state index in [1.807, 2.05) is 0 Å². The minimum absolute atomic E-state index is 0.744. The lowest BCUT2D eigenvalue weighted by Crippen LogP contribution is -2.38. The Morgan fingerprint density at radius 1 is 0.650 bits per heavy atom. The molecule has 3 nitrogen and oxygen atoms in total. The molecule has 3 heterocycles. The molecule has 0 radical (unpaired) electrons. The molecule has 4 rings (SSSR count). The van der Waals surface area contributed by atoms with Gasteiger partial charge in [-0.1, -0.05) is 0 Å². The van der Waals surface area contributed by atoms with E-state index in [9.17, 15) is 0 Å². The molecule has 4 aliphatic rings. The first-order valence-corrected chi connectivity index (χ1v) is 8.76. The minimum Gasteiger partial charge on any atom is -0.300 e. The van der Waals surface area contributed by atoms with Crippen LogP contribution in [-0.2, 0) is 0 Å². The average molecular weight is 277 g/mol. The standard InChI is InChI=1S/C17H31N3/c1-11(2)18-5-13-7-20(8-14(13)6-18)17-15-9-19(12(3)4)10-16(15)17/h11-17H,5-10H2,1-4H3. The molecule has 3 aliphatic heterocycles. The maximum absolute atomic E-state index is 2.88. The van der Waals surface area contributed by atoms with Gasteiger partial charge in [-0.2, -0.15) is 0 Å². The van der Waals surface area contributed by atoms with Crippen LogP contribution in [0, 0.1) is 23.7 Å². The lowest BCUT2D eigenvalue weighted by atomic mass is 10.0. The number of fused-ring (bicyclic) bond motifs is 2. The Hall–Kier alpha value is -0.120. The smallest absolute Gasteiger partial charge is 0.0184 e. The van der Waals surface area contributed by atoms with Crippen molar-refractivity contribution in [1.29, 1.82) is 0 Å². The van der Waals surface area contributed by atoms with E-state index in [2.05, 4.69) is 42.4 Å². The molecule has 0 aromatic heterocycles. The molecule has 4 atom stereocenters. The van der Waals surface area contributed by atoms with Crippen molar-refractivity contribution in [3.8, 4) is 0 Å². The van der Waals surface area contributed by atoms with E-state index < -0.39 is 0 Å². The van der Waals surface area contributed by atoms with Crippen molar-refractivity contribution in [3.05, 3.63) is 0 Å². The molecule has 3 heteroatoms. The van der Waals surface area contributed by atoms with Gasteiger partial charge in [0.2, 0.25) is 0 Å². The summed E-state index contributed by atoms with van der Waals surface area (Å²) in [5.41, 5.74) is 0. The fourth-order valence-corrected chi connectivity index (χ4v) is 5.22. The van der Waals surface area contributed by atoms with Crippen LogP contribution in [0.15, 0.2) is 0 Å². The Labute approximate surface area is 124 Å². The second-order valence-electron chi connectivity index (χ2n) is 8.39. The molecule has 4 unspecified atom stereocenters. The Kier molecular flexibility index (Phi) is 3.17. The van der Waals surface area contributed by atoms with Gasteiger partial charge >= 0.3 is 0 Å². The topological polar surface area (TPSA) is 9.72 Å². The van der Waals surface area contributed by atoms with E-state index in [1.165, 1.54) is 39.3 Å². The van der Waals surface area contributed by atoms with Crippen LogP contribution in [0.2, 0.25) is 0 Å². The van der Waals surface area contributed by atoms with Crippen LogP contribution in [0.1, 0.15) is 27.7 Å². The Morgan fingerprint density at radius 3 is 1.55 bits per heavy atom. The van der Waals surface area contributed by atoms with Crippen molar-refractivity contribution in [2.45, 2.75) is 45.8 Å². The fraction of sp³-hybridized carbons (Fsp3) is 1.00. The summed E-state index contributed by atoms with van der Waals surface area (Å²) in [7, 11) is 0. The van der Waals surface area contributed by atoms with Gasteiger partial charge in [-0.25, -0.2) is 0 Å². The number of hydrogen-bond donors (Lipinski definition) is 0. The van der Waals surface area contributed by atoms with Crippen LogP contribution in [0.5, 0.6) is 0 Å². The van der Waals surface area contributed by atoms with Crippen LogP contribution in [0.4, 0.5) is 0 Å². The van der Waals surface area contributed by atoms with Gasteiger partial charge in [-0.3, -0.25) is 4.90 Å². The van der Waals surface area contributed by atoms with E-state index in [0.717, 1.165) is 41.8 Å².